The third-order valence-electron chi connectivity index (χ3n) is 7.48. The SMILES string of the molecule is CCCCCCCCCCCCC(O)COCCS(=O)(=O)CCOCC(O)CCCCCCCCCCCC. The Kier molecular flexibility index (Phi) is 29.1. The van der Waals surface area contributed by atoms with Crippen molar-refractivity contribution in [2.24, 2.45) is 0 Å². The van der Waals surface area contributed by atoms with E-state index < -0.39 is 22.0 Å². The second kappa shape index (κ2) is 29.3. The summed E-state index contributed by atoms with van der Waals surface area (Å²) in [6.45, 7) is 5.06. The predicted molar refractivity (Wildman–Crippen MR) is 165 cm³/mol. The maximum atomic E-state index is 12.2. The van der Waals surface area contributed by atoms with Crippen LogP contribution in [-0.2, 0) is 19.3 Å². The fourth-order valence-corrected chi connectivity index (χ4v) is 5.76. The number of aliphatic hydroxyl groups is 2. The molecule has 6 nitrogen and oxygen atoms in total. The first-order chi connectivity index (χ1) is 18.9. The number of hydrogen-bond donors (Lipinski definition) is 2. The van der Waals surface area contributed by atoms with Crippen LogP contribution >= 0.6 is 0 Å². The van der Waals surface area contributed by atoms with Crippen molar-refractivity contribution >= 4 is 9.84 Å². The maximum Gasteiger partial charge on any atom is 0.154 e. The second-order valence-electron chi connectivity index (χ2n) is 11.6. The van der Waals surface area contributed by atoms with E-state index in [1.54, 1.807) is 0 Å². The van der Waals surface area contributed by atoms with Gasteiger partial charge in [-0.1, -0.05) is 142 Å². The van der Waals surface area contributed by atoms with Crippen LogP contribution in [0.25, 0.3) is 0 Å². The van der Waals surface area contributed by atoms with Crippen LogP contribution in [0.15, 0.2) is 0 Å². The molecule has 0 aliphatic rings. The molecule has 0 aliphatic carbocycles. The molecule has 0 rings (SSSR count). The molecule has 0 saturated heterocycles. The van der Waals surface area contributed by atoms with Crippen molar-refractivity contribution in [1.82, 2.24) is 0 Å². The zero-order valence-corrected chi connectivity index (χ0v) is 26.7. The molecular formula is C32H66O6S. The summed E-state index contributed by atoms with van der Waals surface area (Å²) in [5.41, 5.74) is 0. The van der Waals surface area contributed by atoms with Gasteiger partial charge in [-0.05, 0) is 12.8 Å². The first-order valence-electron chi connectivity index (χ1n) is 16.6. The second-order valence-corrected chi connectivity index (χ2v) is 13.9. The Morgan fingerprint density at radius 2 is 0.769 bits per heavy atom. The van der Waals surface area contributed by atoms with E-state index in [9.17, 15) is 18.6 Å². The highest BCUT2D eigenvalue weighted by Crippen LogP contribution is 2.13. The lowest BCUT2D eigenvalue weighted by atomic mass is 10.0. The third kappa shape index (κ3) is 30.6. The zero-order chi connectivity index (χ0) is 28.9. The molecule has 7 heteroatoms. The van der Waals surface area contributed by atoms with Crippen molar-refractivity contribution in [1.29, 1.82) is 0 Å². The van der Waals surface area contributed by atoms with E-state index in [2.05, 4.69) is 13.8 Å². The van der Waals surface area contributed by atoms with Gasteiger partial charge in [-0.3, -0.25) is 0 Å². The molecule has 0 aromatic heterocycles. The van der Waals surface area contributed by atoms with Crippen molar-refractivity contribution < 1.29 is 28.1 Å². The van der Waals surface area contributed by atoms with Gasteiger partial charge in [0.05, 0.1) is 50.1 Å². The average Bonchev–Trinajstić information content (AvgIpc) is 2.91. The molecule has 236 valence electrons. The molecule has 0 aliphatic heterocycles. The smallest absolute Gasteiger partial charge is 0.154 e. The molecule has 2 unspecified atom stereocenters. The van der Waals surface area contributed by atoms with Gasteiger partial charge < -0.3 is 19.7 Å². The van der Waals surface area contributed by atoms with E-state index in [1.807, 2.05) is 0 Å². The largest absolute Gasteiger partial charge is 0.391 e. The summed E-state index contributed by atoms with van der Waals surface area (Å²) < 4.78 is 35.2. The van der Waals surface area contributed by atoms with Crippen molar-refractivity contribution in [2.45, 2.75) is 167 Å². The minimum Gasteiger partial charge on any atom is -0.391 e. The van der Waals surface area contributed by atoms with Crippen LogP contribution in [0.5, 0.6) is 0 Å². The fourth-order valence-electron chi connectivity index (χ4n) is 4.81. The molecule has 0 amide bonds. The maximum absolute atomic E-state index is 12.2. The Hall–Kier alpha value is -0.210. The van der Waals surface area contributed by atoms with Crippen LogP contribution in [-0.4, -0.2) is 68.8 Å². The molecule has 2 N–H and O–H groups in total. The van der Waals surface area contributed by atoms with E-state index in [1.165, 1.54) is 103 Å². The quantitative estimate of drug-likeness (QED) is 0.0792. The monoisotopic (exact) mass is 578 g/mol. The lowest BCUT2D eigenvalue weighted by Gasteiger charge is -2.12. The van der Waals surface area contributed by atoms with Crippen LogP contribution in [0.1, 0.15) is 155 Å². The first kappa shape index (κ1) is 38.8. The Morgan fingerprint density at radius 1 is 0.487 bits per heavy atom. The molecule has 0 bridgehead atoms. The first-order valence-corrected chi connectivity index (χ1v) is 18.5. The fraction of sp³-hybridized carbons (Fsp3) is 1.00. The molecule has 0 saturated carbocycles. The van der Waals surface area contributed by atoms with E-state index in [-0.39, 0.29) is 37.9 Å². The number of rotatable bonds is 32. The molecule has 0 fully saturated rings. The van der Waals surface area contributed by atoms with Gasteiger partial charge in [0.15, 0.2) is 9.84 Å². The van der Waals surface area contributed by atoms with E-state index >= 15 is 0 Å². The summed E-state index contributed by atoms with van der Waals surface area (Å²) >= 11 is 0. The van der Waals surface area contributed by atoms with E-state index in [4.69, 9.17) is 9.47 Å². The van der Waals surface area contributed by atoms with Crippen LogP contribution < -0.4 is 0 Å². The summed E-state index contributed by atoms with van der Waals surface area (Å²) in [6.07, 6.45) is 25.6. The van der Waals surface area contributed by atoms with Crippen molar-refractivity contribution in [2.75, 3.05) is 37.9 Å². The van der Waals surface area contributed by atoms with Gasteiger partial charge in [-0.25, -0.2) is 8.42 Å². The molecule has 2 atom stereocenters. The Labute approximate surface area is 242 Å². The summed E-state index contributed by atoms with van der Waals surface area (Å²) in [5.74, 6) is -0.134. The molecule has 39 heavy (non-hydrogen) atoms. The Morgan fingerprint density at radius 3 is 1.08 bits per heavy atom. The van der Waals surface area contributed by atoms with E-state index in [0.29, 0.717) is 12.8 Å². The minimum atomic E-state index is -3.27. The molecule has 0 heterocycles. The molecule has 0 radical (unpaired) electrons. The average molecular weight is 579 g/mol. The predicted octanol–water partition coefficient (Wildman–Crippen LogP) is 7.78. The summed E-state index contributed by atoms with van der Waals surface area (Å²) in [6, 6.07) is 0. The zero-order valence-electron chi connectivity index (χ0n) is 25.9. The molecule has 0 aromatic carbocycles. The highest BCUT2D eigenvalue weighted by molar-refractivity contribution is 7.91. The molecule has 0 aromatic rings. The van der Waals surface area contributed by atoms with Gasteiger partial charge in [0.1, 0.15) is 0 Å². The van der Waals surface area contributed by atoms with Crippen LogP contribution in [0, 0.1) is 0 Å². The highest BCUT2D eigenvalue weighted by atomic mass is 32.2. The van der Waals surface area contributed by atoms with Crippen LogP contribution in [0.4, 0.5) is 0 Å². The number of ether oxygens (including phenoxy) is 2. The van der Waals surface area contributed by atoms with Gasteiger partial charge in [0, 0.05) is 0 Å². The third-order valence-corrected chi connectivity index (χ3v) is 9.06. The lowest BCUT2D eigenvalue weighted by Crippen LogP contribution is -2.23. The molecule has 0 spiro atoms. The van der Waals surface area contributed by atoms with Crippen LogP contribution in [0.2, 0.25) is 0 Å². The number of hydrogen-bond acceptors (Lipinski definition) is 6. The number of sulfone groups is 1. The van der Waals surface area contributed by atoms with Gasteiger partial charge in [-0.2, -0.15) is 0 Å². The number of aliphatic hydroxyl groups excluding tert-OH is 2. The van der Waals surface area contributed by atoms with Gasteiger partial charge in [0.2, 0.25) is 0 Å². The molecular weight excluding hydrogens is 512 g/mol. The Bertz CT molecular complexity index is 539. The standard InChI is InChI=1S/C32H66O6S/c1-3-5-7-9-11-13-15-17-19-21-23-31(33)29-37-25-27-39(35,36)28-26-38-30-32(34)24-22-20-18-16-14-12-10-8-6-4-2/h31-34H,3-30H2,1-2H3. The summed E-state index contributed by atoms with van der Waals surface area (Å²) in [7, 11) is -3.27. The van der Waals surface area contributed by atoms with Crippen molar-refractivity contribution in [3.63, 3.8) is 0 Å². The van der Waals surface area contributed by atoms with Crippen LogP contribution in [0.3, 0.4) is 0 Å². The highest BCUT2D eigenvalue weighted by Gasteiger charge is 2.13. The van der Waals surface area contributed by atoms with Gasteiger partial charge >= 0.3 is 0 Å². The van der Waals surface area contributed by atoms with Gasteiger partial charge in [0.25, 0.3) is 0 Å². The minimum absolute atomic E-state index is 0.0670. The lowest BCUT2D eigenvalue weighted by molar-refractivity contribution is 0.0359. The van der Waals surface area contributed by atoms with Crippen molar-refractivity contribution in [3.05, 3.63) is 0 Å². The normalized spacial score (nSPS) is 13.6. The van der Waals surface area contributed by atoms with E-state index in [0.717, 1.165) is 25.7 Å². The number of unbranched alkanes of at least 4 members (excludes halogenated alkanes) is 18. The van der Waals surface area contributed by atoms with Gasteiger partial charge in [-0.15, -0.1) is 0 Å². The summed E-state index contributed by atoms with van der Waals surface area (Å²) in [5, 5.41) is 20.1. The topological polar surface area (TPSA) is 93.1 Å². The summed E-state index contributed by atoms with van der Waals surface area (Å²) in [4.78, 5) is 0. The van der Waals surface area contributed by atoms with Crippen molar-refractivity contribution in [3.8, 4) is 0 Å². The Balaban J connectivity index is 3.52.